The number of primary amides is 1. The first-order chi connectivity index (χ1) is 18.3. The summed E-state index contributed by atoms with van der Waals surface area (Å²) in [6, 6.07) is 14.0. The van der Waals surface area contributed by atoms with Gasteiger partial charge in [-0.05, 0) is 37.5 Å². The Labute approximate surface area is 222 Å². The molecule has 4 rings (SSSR count). The van der Waals surface area contributed by atoms with Crippen LogP contribution >= 0.6 is 0 Å². The summed E-state index contributed by atoms with van der Waals surface area (Å²) in [4.78, 5) is 24.6. The molecule has 0 bridgehead atoms. The van der Waals surface area contributed by atoms with Crippen molar-refractivity contribution in [3.8, 4) is 17.0 Å². The molecule has 2 atom stereocenters. The highest BCUT2D eigenvalue weighted by molar-refractivity contribution is 6.03. The zero-order valence-corrected chi connectivity index (χ0v) is 21.7. The lowest BCUT2D eigenvalue weighted by molar-refractivity contribution is 0.0946. The maximum Gasteiger partial charge on any atom is 0.255 e. The number of allylic oxidation sites excluding steroid dienone is 3. The van der Waals surface area contributed by atoms with E-state index in [-0.39, 0.29) is 23.3 Å². The molecule has 0 spiro atoms. The molecule has 9 heteroatoms. The number of nitrogen functional groups attached to an aromatic ring is 1. The van der Waals surface area contributed by atoms with Crippen molar-refractivity contribution in [2.45, 2.75) is 44.9 Å². The van der Waals surface area contributed by atoms with E-state index in [2.05, 4.69) is 17.0 Å². The van der Waals surface area contributed by atoms with Crippen molar-refractivity contribution in [1.82, 2.24) is 15.1 Å². The Balaban J connectivity index is 0.000000732. The average Bonchev–Trinajstić information content (AvgIpc) is 3.51. The average molecular weight is 520 g/mol. The quantitative estimate of drug-likeness (QED) is 0.362. The van der Waals surface area contributed by atoms with Crippen molar-refractivity contribution in [2.24, 2.45) is 5.73 Å². The third-order valence-electron chi connectivity index (χ3n) is 6.24. The summed E-state index contributed by atoms with van der Waals surface area (Å²) in [5.41, 5.74) is 14.2. The standard InChI is InChI=1S/C24H26FN5O3.C5H8/c1-33-19-5-3-2-4-18(19)24(32)28-13-14-6-8-15(9-7-14)21-20(23(27)31)22(26)30(29-21)17-11-10-16(25)12-17;1-3-5-4-2/h2-9,16-17H,10-13,26H2,1H3,(H2,27,31)(H,28,32);3-5H,1H2,2H3/b;5-4-. The van der Waals surface area contributed by atoms with Crippen molar-refractivity contribution in [1.29, 1.82) is 0 Å². The Morgan fingerprint density at radius 2 is 1.92 bits per heavy atom. The molecule has 2 aromatic carbocycles. The molecule has 1 aliphatic rings. The molecule has 2 unspecified atom stereocenters. The van der Waals surface area contributed by atoms with Crippen LogP contribution in [-0.4, -0.2) is 34.9 Å². The van der Waals surface area contributed by atoms with Gasteiger partial charge in [-0.2, -0.15) is 5.10 Å². The number of nitrogens with two attached hydrogens (primary N) is 2. The molecule has 8 nitrogen and oxygen atoms in total. The molecular formula is C29H34FN5O3. The number of methoxy groups -OCH3 is 1. The van der Waals surface area contributed by atoms with Crippen LogP contribution in [0.2, 0.25) is 0 Å². The second kappa shape index (κ2) is 13.2. The zero-order chi connectivity index (χ0) is 27.7. The smallest absolute Gasteiger partial charge is 0.255 e. The van der Waals surface area contributed by atoms with E-state index < -0.39 is 12.1 Å². The summed E-state index contributed by atoms with van der Waals surface area (Å²) in [5.74, 6) is -0.276. The van der Waals surface area contributed by atoms with Crippen LogP contribution in [0.15, 0.2) is 73.3 Å². The van der Waals surface area contributed by atoms with E-state index in [1.54, 1.807) is 42.5 Å². The summed E-state index contributed by atoms with van der Waals surface area (Å²) in [7, 11) is 1.52. The Hall–Kier alpha value is -4.40. The first kappa shape index (κ1) is 28.2. The number of alkyl halides is 1. The van der Waals surface area contributed by atoms with E-state index in [9.17, 15) is 14.0 Å². The lowest BCUT2D eigenvalue weighted by Crippen LogP contribution is -2.23. The van der Waals surface area contributed by atoms with Crippen molar-refractivity contribution in [2.75, 3.05) is 12.8 Å². The second-order valence-corrected chi connectivity index (χ2v) is 8.82. The maximum absolute atomic E-state index is 13.7. The van der Waals surface area contributed by atoms with Gasteiger partial charge in [0, 0.05) is 18.5 Å². The number of hydrogen-bond donors (Lipinski definition) is 3. The third-order valence-corrected chi connectivity index (χ3v) is 6.24. The summed E-state index contributed by atoms with van der Waals surface area (Å²) in [6.07, 6.45) is 6.04. The summed E-state index contributed by atoms with van der Waals surface area (Å²) >= 11 is 0. The van der Waals surface area contributed by atoms with E-state index in [0.29, 0.717) is 48.4 Å². The van der Waals surface area contributed by atoms with Gasteiger partial charge >= 0.3 is 0 Å². The Morgan fingerprint density at radius 1 is 1.21 bits per heavy atom. The number of rotatable bonds is 8. The molecule has 3 aromatic rings. The fraction of sp³-hybridized carbons (Fsp3) is 0.276. The number of halogens is 1. The number of nitrogens with zero attached hydrogens (tertiary/aromatic N) is 2. The van der Waals surface area contributed by atoms with Gasteiger partial charge in [-0.3, -0.25) is 9.59 Å². The normalized spacial score (nSPS) is 16.5. The molecule has 2 amide bonds. The minimum Gasteiger partial charge on any atom is -0.496 e. The molecule has 1 saturated carbocycles. The molecule has 1 fully saturated rings. The van der Waals surface area contributed by atoms with Crippen LogP contribution in [0.1, 0.15) is 58.5 Å². The van der Waals surface area contributed by atoms with Gasteiger partial charge in [0.25, 0.3) is 11.8 Å². The van der Waals surface area contributed by atoms with E-state index >= 15 is 0 Å². The monoisotopic (exact) mass is 519 g/mol. The molecule has 1 aromatic heterocycles. The number of nitrogens with one attached hydrogen (secondary N) is 1. The third kappa shape index (κ3) is 6.67. The number of carbonyl (C=O) groups excluding carboxylic acids is 2. The number of carbonyl (C=O) groups is 2. The fourth-order valence-electron chi connectivity index (χ4n) is 4.32. The van der Waals surface area contributed by atoms with Crippen LogP contribution in [0, 0.1) is 0 Å². The summed E-state index contributed by atoms with van der Waals surface area (Å²) in [5, 5.41) is 7.39. The van der Waals surface area contributed by atoms with Gasteiger partial charge in [-0.25, -0.2) is 9.07 Å². The van der Waals surface area contributed by atoms with Gasteiger partial charge in [-0.1, -0.05) is 61.2 Å². The maximum atomic E-state index is 13.7. The fourth-order valence-corrected chi connectivity index (χ4v) is 4.32. The van der Waals surface area contributed by atoms with Crippen LogP contribution in [-0.2, 0) is 6.54 Å². The molecule has 1 heterocycles. The van der Waals surface area contributed by atoms with Gasteiger partial charge < -0.3 is 21.5 Å². The number of para-hydroxylation sites is 1. The van der Waals surface area contributed by atoms with Crippen molar-refractivity contribution >= 4 is 17.6 Å². The molecule has 0 radical (unpaired) electrons. The van der Waals surface area contributed by atoms with Crippen molar-refractivity contribution in [3.63, 3.8) is 0 Å². The van der Waals surface area contributed by atoms with E-state index in [1.165, 1.54) is 11.8 Å². The number of benzene rings is 2. The Bertz CT molecular complexity index is 1300. The number of amides is 2. The van der Waals surface area contributed by atoms with Crippen LogP contribution in [0.25, 0.3) is 11.3 Å². The molecule has 1 aliphatic carbocycles. The molecule has 0 saturated heterocycles. The second-order valence-electron chi connectivity index (χ2n) is 8.82. The van der Waals surface area contributed by atoms with E-state index in [4.69, 9.17) is 16.2 Å². The number of anilines is 1. The predicted octanol–water partition coefficient (Wildman–Crippen LogP) is 4.98. The molecule has 0 aliphatic heterocycles. The first-order valence-electron chi connectivity index (χ1n) is 12.4. The highest BCUT2D eigenvalue weighted by atomic mass is 19.1. The van der Waals surface area contributed by atoms with Crippen LogP contribution in [0.5, 0.6) is 5.75 Å². The van der Waals surface area contributed by atoms with Gasteiger partial charge in [0.1, 0.15) is 29.0 Å². The number of hydrogen-bond acceptors (Lipinski definition) is 5. The molecular weight excluding hydrogens is 485 g/mol. The highest BCUT2D eigenvalue weighted by Gasteiger charge is 2.31. The van der Waals surface area contributed by atoms with Gasteiger partial charge in [0.05, 0.1) is 18.7 Å². The first-order valence-corrected chi connectivity index (χ1v) is 12.4. The van der Waals surface area contributed by atoms with E-state index in [1.807, 2.05) is 31.2 Å². The SMILES string of the molecule is C=C/C=C\C.COc1ccccc1C(=O)NCc1ccc(-c2nn(C3CCC(F)C3)c(N)c2C(N)=O)cc1. The van der Waals surface area contributed by atoms with Crippen LogP contribution < -0.4 is 21.5 Å². The number of aromatic nitrogens is 2. The van der Waals surface area contributed by atoms with Gasteiger partial charge in [0.2, 0.25) is 0 Å². The number of ether oxygens (including phenoxy) is 1. The summed E-state index contributed by atoms with van der Waals surface area (Å²) in [6.45, 7) is 5.73. The van der Waals surface area contributed by atoms with Crippen LogP contribution in [0.4, 0.5) is 10.2 Å². The zero-order valence-electron chi connectivity index (χ0n) is 21.7. The van der Waals surface area contributed by atoms with Gasteiger partial charge in [-0.15, -0.1) is 0 Å². The Kier molecular flexibility index (Phi) is 9.81. The highest BCUT2D eigenvalue weighted by Crippen LogP contribution is 2.36. The van der Waals surface area contributed by atoms with Gasteiger partial charge in [0.15, 0.2) is 0 Å². The lowest BCUT2D eigenvalue weighted by atomic mass is 10.0. The minimum atomic E-state index is -0.899. The molecule has 5 N–H and O–H groups in total. The minimum absolute atomic E-state index is 0.134. The molecule has 38 heavy (non-hydrogen) atoms. The topological polar surface area (TPSA) is 125 Å². The van der Waals surface area contributed by atoms with Crippen LogP contribution in [0.3, 0.4) is 0 Å². The largest absolute Gasteiger partial charge is 0.496 e. The molecule has 200 valence electrons. The Morgan fingerprint density at radius 3 is 2.47 bits per heavy atom. The summed E-state index contributed by atoms with van der Waals surface area (Å²) < 4.78 is 20.4. The lowest BCUT2D eigenvalue weighted by Gasteiger charge is -2.11. The van der Waals surface area contributed by atoms with Crippen molar-refractivity contribution < 1.29 is 18.7 Å². The van der Waals surface area contributed by atoms with E-state index in [0.717, 1.165) is 5.56 Å². The predicted molar refractivity (Wildman–Crippen MR) is 148 cm³/mol. The van der Waals surface area contributed by atoms with Crippen molar-refractivity contribution in [3.05, 3.63) is 90.0 Å².